The van der Waals surface area contributed by atoms with Crippen molar-refractivity contribution in [2.75, 3.05) is 49.3 Å². The maximum absolute atomic E-state index is 14.9. The number of pyridine rings is 2. The Morgan fingerprint density at radius 1 is 0.522 bits per heavy atom. The molecule has 0 spiro atoms. The predicted molar refractivity (Wildman–Crippen MR) is 342 cm³/mol. The molecular formula is C68H56F4N8O8S2. The molecule has 0 aliphatic carbocycles. The molecule has 12 aromatic rings. The van der Waals surface area contributed by atoms with E-state index in [2.05, 4.69) is 33.6 Å². The summed E-state index contributed by atoms with van der Waals surface area (Å²) in [7, 11) is -1.61. The maximum Gasteiger partial charge on any atom is 0.255 e. The van der Waals surface area contributed by atoms with Gasteiger partial charge < -0.3 is 28.6 Å². The number of aromatic nitrogens is 4. The Hall–Kier alpha value is -10.1. The predicted octanol–water partition coefficient (Wildman–Crippen LogP) is 13.9. The smallest absolute Gasteiger partial charge is 0.255 e. The Bertz CT molecular complexity index is 4910. The first-order valence-electron chi connectivity index (χ1n) is 28.6. The molecule has 0 radical (unpaired) electrons. The van der Waals surface area contributed by atoms with Crippen LogP contribution in [-0.4, -0.2) is 88.5 Å². The van der Waals surface area contributed by atoms with Crippen LogP contribution in [0.4, 0.5) is 28.9 Å². The summed E-state index contributed by atoms with van der Waals surface area (Å²) in [6.45, 7) is 4.16. The zero-order valence-corrected chi connectivity index (χ0v) is 51.3. The van der Waals surface area contributed by atoms with Gasteiger partial charge in [-0.05, 0) is 147 Å². The van der Waals surface area contributed by atoms with E-state index in [9.17, 15) is 44.0 Å². The highest BCUT2D eigenvalue weighted by molar-refractivity contribution is 7.92. The second-order valence-corrected chi connectivity index (χ2v) is 26.7. The lowest BCUT2D eigenvalue weighted by Gasteiger charge is -2.27. The van der Waals surface area contributed by atoms with Crippen molar-refractivity contribution in [1.29, 1.82) is 0 Å². The molecule has 90 heavy (non-hydrogen) atoms. The molecule has 16 nitrogen and oxygen atoms in total. The number of hydrogen-bond donors (Lipinski definition) is 2. The summed E-state index contributed by atoms with van der Waals surface area (Å²) in [5, 5.41) is 7.19. The van der Waals surface area contributed by atoms with Crippen molar-refractivity contribution in [2.45, 2.75) is 38.8 Å². The van der Waals surface area contributed by atoms with Gasteiger partial charge in [0.15, 0.2) is 0 Å². The Labute approximate surface area is 514 Å². The van der Waals surface area contributed by atoms with Crippen LogP contribution >= 0.6 is 0 Å². The van der Waals surface area contributed by atoms with Crippen LogP contribution < -0.4 is 19.2 Å². The molecule has 2 aliphatic heterocycles. The first kappa shape index (κ1) is 58.9. The van der Waals surface area contributed by atoms with Crippen molar-refractivity contribution in [1.82, 2.24) is 29.7 Å². The summed E-state index contributed by atoms with van der Waals surface area (Å²) < 4.78 is 127. The number of nitrogens with zero attached hydrogens (tertiary/aromatic N) is 6. The molecule has 2 N–H and O–H groups in total. The number of amides is 2. The quantitative estimate of drug-likeness (QED) is 0.124. The van der Waals surface area contributed by atoms with E-state index < -0.39 is 43.5 Å². The first-order chi connectivity index (χ1) is 42.9. The lowest BCUT2D eigenvalue weighted by Crippen LogP contribution is -2.25. The topological polar surface area (TPSA) is 195 Å². The average Bonchev–Trinajstić information content (AvgIpc) is 1.59. The zero-order valence-electron chi connectivity index (χ0n) is 49.7. The minimum atomic E-state index is -3.73. The average molecular weight is 1250 g/mol. The van der Waals surface area contributed by atoms with Crippen LogP contribution in [0.2, 0.25) is 0 Å². The maximum atomic E-state index is 14.9. The largest absolute Gasteiger partial charge is 0.455 e. The van der Waals surface area contributed by atoms with E-state index in [4.69, 9.17) is 18.8 Å². The number of sulfonamides is 2. The summed E-state index contributed by atoms with van der Waals surface area (Å²) in [5.74, 6) is -1.92. The molecular weight excluding hydrogens is 1200 g/mol. The zero-order chi connectivity index (χ0) is 63.6. The molecule has 2 atom stereocenters. The normalized spacial score (nSPS) is 14.4. The van der Waals surface area contributed by atoms with Gasteiger partial charge in [-0.2, -0.15) is 0 Å². The van der Waals surface area contributed by atoms with Crippen LogP contribution in [0.15, 0.2) is 155 Å². The van der Waals surface area contributed by atoms with Crippen LogP contribution in [-0.2, 0) is 32.9 Å². The molecule has 6 aromatic carbocycles. The van der Waals surface area contributed by atoms with Gasteiger partial charge in [-0.3, -0.25) is 28.2 Å². The lowest BCUT2D eigenvalue weighted by atomic mass is 9.94. The van der Waals surface area contributed by atoms with Gasteiger partial charge in [0.25, 0.3) is 11.8 Å². The molecule has 0 saturated heterocycles. The highest BCUT2D eigenvalue weighted by Gasteiger charge is 2.32. The Kier molecular flexibility index (Phi) is 14.3. The number of halogens is 4. The molecule has 22 heteroatoms. The Morgan fingerprint density at radius 3 is 1.26 bits per heavy atom. The van der Waals surface area contributed by atoms with Crippen molar-refractivity contribution in [2.24, 2.45) is 0 Å². The minimum Gasteiger partial charge on any atom is -0.455 e. The number of rotatable bonds is 10. The number of carbonyl (C=O) groups excluding carboxylic acids is 2. The van der Waals surface area contributed by atoms with Crippen LogP contribution in [0.1, 0.15) is 57.8 Å². The van der Waals surface area contributed by atoms with E-state index >= 15 is 0 Å². The second kappa shape index (κ2) is 21.9. The third-order valence-corrected chi connectivity index (χ3v) is 19.4. The molecule has 6 aromatic heterocycles. The number of fused-ring (bicyclic) bond motifs is 12. The molecule has 0 bridgehead atoms. The fraction of sp³-hybridized carbons (Fsp3) is 0.176. The van der Waals surface area contributed by atoms with Crippen LogP contribution in [0.3, 0.4) is 0 Å². The van der Waals surface area contributed by atoms with E-state index in [-0.39, 0.29) is 68.9 Å². The lowest BCUT2D eigenvalue weighted by molar-refractivity contribution is 0.0956. The van der Waals surface area contributed by atoms with Gasteiger partial charge in [-0.15, -0.1) is 0 Å². The monoisotopic (exact) mass is 1250 g/mol. The first-order valence-corrected chi connectivity index (χ1v) is 32.2. The van der Waals surface area contributed by atoms with Gasteiger partial charge in [0.1, 0.15) is 46.0 Å². The summed E-state index contributed by atoms with van der Waals surface area (Å²) in [5.41, 5.74) is 11.2. The molecule has 8 heterocycles. The molecule has 2 amide bonds. The summed E-state index contributed by atoms with van der Waals surface area (Å²) in [6, 6.07) is 35.3. The number of anilines is 2. The number of hydrogen-bond acceptors (Lipinski definition) is 10. The number of furan rings is 2. The van der Waals surface area contributed by atoms with Gasteiger partial charge in [-0.25, -0.2) is 34.4 Å². The van der Waals surface area contributed by atoms with Crippen LogP contribution in [0.25, 0.3) is 111 Å². The number of nitrogens with one attached hydrogen (secondary N) is 2. The molecule has 456 valence electrons. The SMILES string of the molecule is CNC(=O)c1c(-c2ccc(F)cc2)oc2cc(N(C)S(C)(=O)=O)c(-c3cc4c(cn3)CC(C)n3c-4cc4c(F)cccc43)cc12.CNC(=O)c1c(-c2ccc(F)cc2)oc2cc(N(C)S(C)(=O)=O)c(-c3cc4c(cn3)CC(C)n3c-4cc4c(F)cccc43)cc12. The van der Waals surface area contributed by atoms with E-state index in [1.807, 2.05) is 36.4 Å². The summed E-state index contributed by atoms with van der Waals surface area (Å²) in [6.07, 6.45) is 7.08. The van der Waals surface area contributed by atoms with Crippen molar-refractivity contribution in [3.8, 4) is 67.7 Å². The van der Waals surface area contributed by atoms with Gasteiger partial charge >= 0.3 is 0 Å². The third-order valence-electron chi connectivity index (χ3n) is 17.1. The molecule has 14 rings (SSSR count). The highest BCUT2D eigenvalue weighted by Crippen LogP contribution is 2.47. The van der Waals surface area contributed by atoms with Crippen LogP contribution in [0, 0.1) is 23.3 Å². The van der Waals surface area contributed by atoms with Crippen molar-refractivity contribution < 1.29 is 52.8 Å². The number of carbonyl (C=O) groups is 2. The summed E-state index contributed by atoms with van der Waals surface area (Å²) in [4.78, 5) is 36.0. The summed E-state index contributed by atoms with van der Waals surface area (Å²) >= 11 is 0. The standard InChI is InChI=1S/2C34H28F2N4O4S/c2*1-18-12-20-17-38-27(14-22(20)30-15-23-26(36)6-5-7-28(23)40(18)30)24-13-25-31(16-29(24)39(3)45(4,42)43)44-33(32(25)34(41)37-2)19-8-10-21(35)11-9-19/h2*5-11,13-18H,12H2,1-4H3,(H,37,41). The Morgan fingerprint density at radius 2 is 0.900 bits per heavy atom. The van der Waals surface area contributed by atoms with Gasteiger partial charge in [0, 0.05) is 131 Å². The molecule has 0 fully saturated rings. The van der Waals surface area contributed by atoms with Crippen LogP contribution in [0.5, 0.6) is 0 Å². The third kappa shape index (κ3) is 9.89. The van der Waals surface area contributed by atoms with Gasteiger partial charge in [0.05, 0.1) is 57.4 Å². The molecule has 0 saturated carbocycles. The van der Waals surface area contributed by atoms with E-state index in [1.165, 1.54) is 88.9 Å². The van der Waals surface area contributed by atoms with E-state index in [0.717, 1.165) is 65.8 Å². The van der Waals surface area contributed by atoms with Crippen molar-refractivity contribution >= 4 is 87.0 Å². The van der Waals surface area contributed by atoms with Crippen molar-refractivity contribution in [3.05, 3.63) is 191 Å². The fourth-order valence-corrected chi connectivity index (χ4v) is 13.6. The molecule has 2 unspecified atom stereocenters. The minimum absolute atomic E-state index is 0.0636. The van der Waals surface area contributed by atoms with E-state index in [1.54, 1.807) is 48.8 Å². The second-order valence-electron chi connectivity index (χ2n) is 22.7. The Balaban J connectivity index is 0.000000165. The van der Waals surface area contributed by atoms with Gasteiger partial charge in [0.2, 0.25) is 20.0 Å². The highest BCUT2D eigenvalue weighted by atomic mass is 32.2. The number of benzene rings is 6. The van der Waals surface area contributed by atoms with Gasteiger partial charge in [-0.1, -0.05) is 12.1 Å². The van der Waals surface area contributed by atoms with Crippen molar-refractivity contribution in [3.63, 3.8) is 0 Å². The fourth-order valence-electron chi connectivity index (χ4n) is 12.5. The molecule has 2 aliphatic rings. The van der Waals surface area contributed by atoms with E-state index in [0.29, 0.717) is 68.0 Å².